The summed E-state index contributed by atoms with van der Waals surface area (Å²) in [5.74, 6) is -86.2. The molecule has 5 nitrogen and oxygen atoms in total. The fourth-order valence-electron chi connectivity index (χ4n) is 2.16. The first-order chi connectivity index (χ1) is 17.7. The molecule has 0 unspecified atom stereocenters. The molecule has 42 heavy (non-hydrogen) atoms. The van der Waals surface area contributed by atoms with E-state index in [1.54, 1.807) is 0 Å². The number of carbonyl (C=O) groups is 1. The van der Waals surface area contributed by atoms with Crippen LogP contribution in [0.25, 0.3) is 0 Å². The molecule has 0 aliphatic carbocycles. The van der Waals surface area contributed by atoms with Gasteiger partial charge >= 0.3 is 70.7 Å². The van der Waals surface area contributed by atoms with E-state index in [1.807, 2.05) is 0 Å². The predicted molar refractivity (Wildman–Crippen MR) is 80.1 cm³/mol. The SMILES string of the molecule is O=C(O)CNS(=O)(=O)C(F)(F)C(F)(F)C(F)(F)C(F)(F)C(F)(F)C(F)(F)C(F)(F)C(F)(F)C(F)(F)C(F)(F)C(F)(F)F. The van der Waals surface area contributed by atoms with Crippen LogP contribution in [0.1, 0.15) is 0 Å². The number of halogens is 23. The summed E-state index contributed by atoms with van der Waals surface area (Å²) < 4.78 is 326. The van der Waals surface area contributed by atoms with Gasteiger partial charge in [-0.3, -0.25) is 4.79 Å². The molecule has 0 amide bonds. The molecule has 252 valence electrons. The fourth-order valence-corrected chi connectivity index (χ4v) is 3.12. The van der Waals surface area contributed by atoms with Gasteiger partial charge in [0.05, 0.1) is 0 Å². The molecule has 0 saturated heterocycles. The lowest BCUT2D eigenvalue weighted by Gasteiger charge is -2.45. The van der Waals surface area contributed by atoms with E-state index >= 15 is 0 Å². The van der Waals surface area contributed by atoms with E-state index in [0.717, 1.165) is 0 Å². The Morgan fingerprint density at radius 2 is 0.667 bits per heavy atom. The number of hydrogen-bond acceptors (Lipinski definition) is 3. The normalized spacial score (nSPS) is 16.5. The molecule has 0 aliphatic heterocycles. The molecule has 0 saturated carbocycles. The van der Waals surface area contributed by atoms with Crippen molar-refractivity contribution in [3.05, 3.63) is 0 Å². The Labute approximate surface area is 212 Å². The maximum absolute atomic E-state index is 13.6. The summed E-state index contributed by atoms with van der Waals surface area (Å²) in [6.45, 7) is -2.54. The Kier molecular flexibility index (Phi) is 9.37. The molecule has 0 rings (SSSR count). The van der Waals surface area contributed by atoms with Gasteiger partial charge < -0.3 is 5.11 Å². The lowest BCUT2D eigenvalue weighted by atomic mass is 9.86. The Balaban J connectivity index is 7.31. The van der Waals surface area contributed by atoms with Crippen LogP contribution in [0.5, 0.6) is 0 Å². The van der Waals surface area contributed by atoms with E-state index in [9.17, 15) is 114 Å². The zero-order valence-electron chi connectivity index (χ0n) is 18.0. The van der Waals surface area contributed by atoms with Gasteiger partial charge in [0, 0.05) is 0 Å². The van der Waals surface area contributed by atoms with Crippen LogP contribution in [0.3, 0.4) is 0 Å². The number of sulfonamides is 1. The summed E-state index contributed by atoms with van der Waals surface area (Å²) in [4.78, 5) is 10.1. The average molecular weight is 707 g/mol. The van der Waals surface area contributed by atoms with Crippen molar-refractivity contribution in [2.75, 3.05) is 6.54 Å². The van der Waals surface area contributed by atoms with E-state index in [1.165, 1.54) is 0 Å². The van der Waals surface area contributed by atoms with Crippen molar-refractivity contribution in [3.63, 3.8) is 0 Å². The zero-order chi connectivity index (χ0) is 35.0. The number of carboxylic acids is 1. The molecule has 0 aliphatic rings. The van der Waals surface area contributed by atoms with Gasteiger partial charge in [-0.15, -0.1) is 0 Å². The largest absolute Gasteiger partial charge is 0.480 e. The van der Waals surface area contributed by atoms with Gasteiger partial charge in [0.15, 0.2) is 0 Å². The Morgan fingerprint density at radius 3 is 0.881 bits per heavy atom. The molecule has 0 aromatic carbocycles. The molecule has 0 spiro atoms. The van der Waals surface area contributed by atoms with Gasteiger partial charge in [-0.05, 0) is 0 Å². The van der Waals surface area contributed by atoms with Crippen LogP contribution in [-0.2, 0) is 14.8 Å². The van der Waals surface area contributed by atoms with Gasteiger partial charge in [0.2, 0.25) is 0 Å². The second kappa shape index (κ2) is 9.89. The number of hydrogen-bond donors (Lipinski definition) is 2. The highest BCUT2D eigenvalue weighted by molar-refractivity contribution is 7.90. The highest BCUT2D eigenvalue weighted by atomic mass is 32.2. The number of rotatable bonds is 13. The van der Waals surface area contributed by atoms with E-state index in [0.29, 0.717) is 0 Å². The highest BCUT2D eigenvalue weighted by Gasteiger charge is 2.99. The van der Waals surface area contributed by atoms with Crippen LogP contribution < -0.4 is 4.72 Å². The molecule has 0 fully saturated rings. The maximum atomic E-state index is 13.6. The summed E-state index contributed by atoms with van der Waals surface area (Å²) in [7, 11) is -7.86. The van der Waals surface area contributed by atoms with Crippen LogP contribution in [0, 0.1) is 0 Å². The summed E-state index contributed by atoms with van der Waals surface area (Å²) in [6.07, 6.45) is -8.18. The first-order valence-corrected chi connectivity index (χ1v) is 10.2. The third-order valence-corrected chi connectivity index (χ3v) is 6.08. The zero-order valence-corrected chi connectivity index (χ0v) is 18.8. The molecule has 29 heteroatoms. The van der Waals surface area contributed by atoms with Gasteiger partial charge in [0.1, 0.15) is 6.54 Å². The molecule has 0 aromatic rings. The number of nitrogens with one attached hydrogen (secondary N) is 1. The van der Waals surface area contributed by atoms with Crippen molar-refractivity contribution in [2.24, 2.45) is 0 Å². The van der Waals surface area contributed by atoms with Gasteiger partial charge in [0.25, 0.3) is 10.0 Å². The summed E-state index contributed by atoms with van der Waals surface area (Å²) in [5, 5.41) is -0.0617. The minimum absolute atomic E-state index is 0.252. The highest BCUT2D eigenvalue weighted by Crippen LogP contribution is 2.67. The van der Waals surface area contributed by atoms with Gasteiger partial charge in [-0.25, -0.2) is 8.42 Å². The molecule has 0 radical (unpaired) electrons. The standard InChI is InChI=1S/C13H4F23NO4S/c14-3(15,4(16,17)6(20,21)8(24,25)10(28,29)12(32,33)34)5(18,19)7(22,23)9(26,27)11(30,31)13(35,36)42(40,41)37-1-2(38)39/h37H,1H2,(H,38,39). The summed E-state index contributed by atoms with van der Waals surface area (Å²) in [6, 6.07) is 0. The van der Waals surface area contributed by atoms with Crippen molar-refractivity contribution in [1.82, 2.24) is 4.72 Å². The van der Waals surface area contributed by atoms with E-state index in [-0.39, 0.29) is 4.72 Å². The first kappa shape index (κ1) is 39.8. The monoisotopic (exact) mass is 707 g/mol. The molecular weight excluding hydrogens is 703 g/mol. The molecule has 2 N–H and O–H groups in total. The van der Waals surface area contributed by atoms with Crippen LogP contribution in [0.15, 0.2) is 0 Å². The molecule has 0 atom stereocenters. The van der Waals surface area contributed by atoms with Gasteiger partial charge in [-0.1, -0.05) is 0 Å². The second-order valence-electron chi connectivity index (χ2n) is 7.40. The third kappa shape index (κ3) is 4.84. The van der Waals surface area contributed by atoms with Crippen molar-refractivity contribution in [3.8, 4) is 0 Å². The van der Waals surface area contributed by atoms with Gasteiger partial charge in [-0.2, -0.15) is 106 Å². The van der Waals surface area contributed by atoms with Crippen molar-refractivity contribution in [2.45, 2.75) is 64.7 Å². The van der Waals surface area contributed by atoms with E-state index in [2.05, 4.69) is 0 Å². The number of alkyl halides is 23. The lowest BCUT2D eigenvalue weighted by Crippen LogP contribution is -2.78. The first-order valence-electron chi connectivity index (χ1n) is 8.72. The lowest BCUT2D eigenvalue weighted by molar-refractivity contribution is -0.476. The Morgan fingerprint density at radius 1 is 0.452 bits per heavy atom. The Bertz CT molecular complexity index is 1140. The topological polar surface area (TPSA) is 83.5 Å². The number of carboxylic acid groups (broad SMARTS) is 1. The summed E-state index contributed by atoms with van der Waals surface area (Å²) >= 11 is 0. The predicted octanol–water partition coefficient (Wildman–Crippen LogP) is 5.86. The van der Waals surface area contributed by atoms with Crippen LogP contribution in [0.2, 0.25) is 0 Å². The fraction of sp³-hybridized carbons (Fsp3) is 0.923. The van der Waals surface area contributed by atoms with Crippen molar-refractivity contribution >= 4 is 16.0 Å². The van der Waals surface area contributed by atoms with Crippen LogP contribution in [-0.4, -0.2) is 90.8 Å². The quantitative estimate of drug-likeness (QED) is 0.235. The number of aliphatic carboxylic acids is 1. The van der Waals surface area contributed by atoms with Crippen LogP contribution >= 0.6 is 0 Å². The maximum Gasteiger partial charge on any atom is 0.460 e. The minimum Gasteiger partial charge on any atom is -0.480 e. The molecule has 0 bridgehead atoms. The Hall–Kier alpha value is -2.23. The summed E-state index contributed by atoms with van der Waals surface area (Å²) in [5.41, 5.74) is 0. The van der Waals surface area contributed by atoms with E-state index in [4.69, 9.17) is 5.11 Å². The molecule has 0 heterocycles. The average Bonchev–Trinajstić information content (AvgIpc) is 2.75. The second-order valence-corrected chi connectivity index (χ2v) is 9.21. The van der Waals surface area contributed by atoms with Crippen molar-refractivity contribution < 1.29 is 119 Å². The minimum atomic E-state index is -9.62. The molecule has 0 aromatic heterocycles. The third-order valence-electron chi connectivity index (χ3n) is 4.63. The molecular formula is C13H4F23NO4S. The van der Waals surface area contributed by atoms with Crippen molar-refractivity contribution in [1.29, 1.82) is 0 Å². The van der Waals surface area contributed by atoms with E-state index < -0.39 is 87.3 Å². The van der Waals surface area contributed by atoms with Crippen LogP contribution in [0.4, 0.5) is 101 Å². The smallest absolute Gasteiger partial charge is 0.460 e.